The summed E-state index contributed by atoms with van der Waals surface area (Å²) in [5, 5.41) is 3.52. The van der Waals surface area contributed by atoms with Gasteiger partial charge in [-0.25, -0.2) is 0 Å². The van der Waals surface area contributed by atoms with E-state index in [1.54, 1.807) is 0 Å². The lowest BCUT2D eigenvalue weighted by Crippen LogP contribution is -2.61. The Hall–Kier alpha value is -0.120. The minimum atomic E-state index is 0.276. The molecule has 0 aromatic carbocycles. The van der Waals surface area contributed by atoms with Crippen LogP contribution in [-0.2, 0) is 9.47 Å². The molecule has 3 unspecified atom stereocenters. The fourth-order valence-electron chi connectivity index (χ4n) is 2.56. The van der Waals surface area contributed by atoms with Crippen molar-refractivity contribution in [3.63, 3.8) is 0 Å². The van der Waals surface area contributed by atoms with Crippen molar-refractivity contribution >= 4 is 0 Å². The normalized spacial score (nSPS) is 39.0. The average Bonchev–Trinajstić information content (AvgIpc) is 2.69. The quantitative estimate of drug-likeness (QED) is 0.769. The maximum absolute atomic E-state index is 6.07. The van der Waals surface area contributed by atoms with Gasteiger partial charge in [-0.2, -0.15) is 0 Å². The van der Waals surface area contributed by atoms with E-state index < -0.39 is 0 Å². The molecule has 0 spiro atoms. The molecule has 0 radical (unpaired) electrons. The van der Waals surface area contributed by atoms with Crippen molar-refractivity contribution in [2.24, 2.45) is 5.41 Å². The van der Waals surface area contributed by atoms with Crippen LogP contribution in [0.25, 0.3) is 0 Å². The molecule has 2 fully saturated rings. The summed E-state index contributed by atoms with van der Waals surface area (Å²) in [4.78, 5) is 0. The molecule has 3 heteroatoms. The van der Waals surface area contributed by atoms with Crippen LogP contribution in [-0.4, -0.2) is 38.0 Å². The van der Waals surface area contributed by atoms with Crippen LogP contribution in [0, 0.1) is 5.41 Å². The molecule has 1 saturated heterocycles. The lowest BCUT2D eigenvalue weighted by Gasteiger charge is -2.52. The standard InChI is InChI=1S/C12H23NO2/c1-4-13-10-7-11(12(10,2)3)15-9-5-6-14-8-9/h9-11,13H,4-8H2,1-3H3. The highest BCUT2D eigenvalue weighted by Crippen LogP contribution is 2.43. The summed E-state index contributed by atoms with van der Waals surface area (Å²) in [5.41, 5.74) is 0.276. The summed E-state index contributed by atoms with van der Waals surface area (Å²) in [7, 11) is 0. The van der Waals surface area contributed by atoms with Crippen LogP contribution >= 0.6 is 0 Å². The highest BCUT2D eigenvalue weighted by molar-refractivity contribution is 5.03. The van der Waals surface area contributed by atoms with Crippen molar-refractivity contribution in [1.82, 2.24) is 5.32 Å². The lowest BCUT2D eigenvalue weighted by molar-refractivity contribution is -0.146. The number of hydrogen-bond acceptors (Lipinski definition) is 3. The van der Waals surface area contributed by atoms with Crippen LogP contribution < -0.4 is 5.32 Å². The minimum absolute atomic E-state index is 0.276. The first kappa shape index (κ1) is 11.4. The first-order valence-electron chi connectivity index (χ1n) is 6.11. The molecule has 0 aromatic rings. The molecule has 3 atom stereocenters. The fraction of sp³-hybridized carbons (Fsp3) is 1.00. The summed E-state index contributed by atoms with van der Waals surface area (Å²) < 4.78 is 11.4. The summed E-state index contributed by atoms with van der Waals surface area (Å²) >= 11 is 0. The van der Waals surface area contributed by atoms with E-state index in [9.17, 15) is 0 Å². The second-order valence-electron chi connectivity index (χ2n) is 5.28. The monoisotopic (exact) mass is 213 g/mol. The van der Waals surface area contributed by atoms with Gasteiger partial charge in [0.05, 0.1) is 18.8 Å². The minimum Gasteiger partial charge on any atom is -0.379 e. The Morgan fingerprint density at radius 1 is 1.47 bits per heavy atom. The van der Waals surface area contributed by atoms with Crippen molar-refractivity contribution in [3.05, 3.63) is 0 Å². The highest BCUT2D eigenvalue weighted by atomic mass is 16.6. The summed E-state index contributed by atoms with van der Waals surface area (Å²) in [6.45, 7) is 9.46. The van der Waals surface area contributed by atoms with Crippen molar-refractivity contribution in [3.8, 4) is 0 Å². The van der Waals surface area contributed by atoms with Gasteiger partial charge in [0.1, 0.15) is 0 Å². The smallest absolute Gasteiger partial charge is 0.0834 e. The zero-order chi connectivity index (χ0) is 10.9. The predicted octanol–water partition coefficient (Wildman–Crippen LogP) is 1.57. The van der Waals surface area contributed by atoms with Crippen molar-refractivity contribution < 1.29 is 9.47 Å². The van der Waals surface area contributed by atoms with Crippen LogP contribution in [0.3, 0.4) is 0 Å². The van der Waals surface area contributed by atoms with Crippen LogP contribution in [0.4, 0.5) is 0 Å². The number of ether oxygens (including phenoxy) is 2. The molecule has 2 aliphatic rings. The summed E-state index contributed by atoms with van der Waals surface area (Å²) in [6, 6.07) is 0.620. The Labute approximate surface area is 92.5 Å². The average molecular weight is 213 g/mol. The van der Waals surface area contributed by atoms with E-state index in [4.69, 9.17) is 9.47 Å². The Morgan fingerprint density at radius 2 is 2.27 bits per heavy atom. The second kappa shape index (κ2) is 4.40. The largest absolute Gasteiger partial charge is 0.379 e. The summed E-state index contributed by atoms with van der Waals surface area (Å²) in [6.07, 6.45) is 2.97. The molecule has 1 aliphatic carbocycles. The van der Waals surface area contributed by atoms with Gasteiger partial charge in [0, 0.05) is 18.1 Å². The maximum Gasteiger partial charge on any atom is 0.0834 e. The zero-order valence-electron chi connectivity index (χ0n) is 10.1. The van der Waals surface area contributed by atoms with Crippen LogP contribution in [0.15, 0.2) is 0 Å². The molecular weight excluding hydrogens is 190 g/mol. The third-order valence-corrected chi connectivity index (χ3v) is 3.87. The maximum atomic E-state index is 6.07. The number of hydrogen-bond donors (Lipinski definition) is 1. The topological polar surface area (TPSA) is 30.5 Å². The molecule has 0 amide bonds. The van der Waals surface area contributed by atoms with Crippen molar-refractivity contribution in [1.29, 1.82) is 0 Å². The van der Waals surface area contributed by atoms with E-state index in [0.29, 0.717) is 18.2 Å². The molecule has 1 saturated carbocycles. The van der Waals surface area contributed by atoms with E-state index in [2.05, 4.69) is 26.1 Å². The molecule has 1 heterocycles. The summed E-state index contributed by atoms with van der Waals surface area (Å²) in [5.74, 6) is 0. The van der Waals surface area contributed by atoms with Gasteiger partial charge < -0.3 is 14.8 Å². The van der Waals surface area contributed by atoms with Gasteiger partial charge in [-0.1, -0.05) is 20.8 Å². The van der Waals surface area contributed by atoms with Gasteiger partial charge in [0.25, 0.3) is 0 Å². The number of nitrogens with one attached hydrogen (secondary N) is 1. The van der Waals surface area contributed by atoms with Crippen LogP contribution in [0.5, 0.6) is 0 Å². The molecule has 0 aromatic heterocycles. The highest BCUT2D eigenvalue weighted by Gasteiger charge is 2.49. The fourth-order valence-corrected chi connectivity index (χ4v) is 2.56. The van der Waals surface area contributed by atoms with E-state index in [1.807, 2.05) is 0 Å². The predicted molar refractivity (Wildman–Crippen MR) is 60.0 cm³/mol. The van der Waals surface area contributed by atoms with Gasteiger partial charge in [-0.15, -0.1) is 0 Å². The molecule has 88 valence electrons. The Morgan fingerprint density at radius 3 is 2.80 bits per heavy atom. The SMILES string of the molecule is CCNC1CC(OC2CCOC2)C1(C)C. The zero-order valence-corrected chi connectivity index (χ0v) is 10.1. The molecule has 3 nitrogen and oxygen atoms in total. The molecule has 15 heavy (non-hydrogen) atoms. The van der Waals surface area contributed by atoms with E-state index in [-0.39, 0.29) is 5.41 Å². The van der Waals surface area contributed by atoms with Gasteiger partial charge in [0.15, 0.2) is 0 Å². The van der Waals surface area contributed by atoms with Crippen molar-refractivity contribution in [2.45, 2.75) is 51.9 Å². The molecule has 1 aliphatic heterocycles. The molecule has 1 N–H and O–H groups in total. The van der Waals surface area contributed by atoms with Gasteiger partial charge in [-0.05, 0) is 19.4 Å². The Balaban J connectivity index is 1.80. The first-order valence-corrected chi connectivity index (χ1v) is 6.11. The van der Waals surface area contributed by atoms with Crippen LogP contribution in [0.1, 0.15) is 33.6 Å². The first-order chi connectivity index (χ1) is 7.14. The molecule has 0 bridgehead atoms. The molecule has 2 rings (SSSR count). The Kier molecular flexibility index (Phi) is 3.33. The number of rotatable bonds is 4. The third kappa shape index (κ3) is 2.19. The van der Waals surface area contributed by atoms with Gasteiger partial charge >= 0.3 is 0 Å². The molecular formula is C12H23NO2. The van der Waals surface area contributed by atoms with E-state index >= 15 is 0 Å². The second-order valence-corrected chi connectivity index (χ2v) is 5.28. The third-order valence-electron chi connectivity index (χ3n) is 3.87. The van der Waals surface area contributed by atoms with E-state index in [0.717, 1.165) is 32.6 Å². The van der Waals surface area contributed by atoms with Crippen LogP contribution in [0.2, 0.25) is 0 Å². The van der Waals surface area contributed by atoms with Gasteiger partial charge in [0.2, 0.25) is 0 Å². The van der Waals surface area contributed by atoms with E-state index in [1.165, 1.54) is 0 Å². The van der Waals surface area contributed by atoms with Gasteiger partial charge in [-0.3, -0.25) is 0 Å². The Bertz CT molecular complexity index is 212. The lowest BCUT2D eigenvalue weighted by atomic mass is 9.64. The van der Waals surface area contributed by atoms with Crippen molar-refractivity contribution in [2.75, 3.05) is 19.8 Å².